The highest BCUT2D eigenvalue weighted by Crippen LogP contribution is 2.15. The lowest BCUT2D eigenvalue weighted by Crippen LogP contribution is -2.01. The molecule has 0 atom stereocenters. The fourth-order valence-electron chi connectivity index (χ4n) is 1.67. The van der Waals surface area contributed by atoms with Crippen LogP contribution in [0, 0.1) is 5.82 Å². The van der Waals surface area contributed by atoms with E-state index in [1.165, 1.54) is 18.4 Å². The number of halogens is 1. The zero-order valence-electron chi connectivity index (χ0n) is 10.4. The second kappa shape index (κ2) is 5.40. The van der Waals surface area contributed by atoms with E-state index < -0.39 is 9.84 Å². The minimum Gasteiger partial charge on any atom is -0.381 e. The monoisotopic (exact) mass is 279 g/mol. The molecule has 0 spiro atoms. The van der Waals surface area contributed by atoms with Gasteiger partial charge in [0.1, 0.15) is 5.82 Å². The Morgan fingerprint density at radius 1 is 1.11 bits per heavy atom. The molecule has 1 N–H and O–H groups in total. The standard InChI is InChI=1S/C14H14FNO2S/c1-19(17,18)14-7-5-13(6-8-14)16-10-11-3-2-4-12(15)9-11/h2-9,16H,10H2,1H3. The molecule has 0 aliphatic carbocycles. The van der Waals surface area contributed by atoms with Crippen molar-refractivity contribution < 1.29 is 12.8 Å². The molecule has 100 valence electrons. The van der Waals surface area contributed by atoms with Crippen molar-refractivity contribution in [3.63, 3.8) is 0 Å². The third-order valence-electron chi connectivity index (χ3n) is 2.67. The Labute approximate surface area is 112 Å². The van der Waals surface area contributed by atoms with Crippen LogP contribution in [0.3, 0.4) is 0 Å². The molecular weight excluding hydrogens is 265 g/mol. The second-order valence-corrected chi connectivity index (χ2v) is 6.30. The van der Waals surface area contributed by atoms with Gasteiger partial charge in [-0.3, -0.25) is 0 Å². The quantitative estimate of drug-likeness (QED) is 0.936. The van der Waals surface area contributed by atoms with Crippen LogP contribution in [0.4, 0.5) is 10.1 Å². The lowest BCUT2D eigenvalue weighted by atomic mass is 10.2. The molecule has 2 aromatic rings. The summed E-state index contributed by atoms with van der Waals surface area (Å²) in [6.07, 6.45) is 1.17. The first-order valence-corrected chi connectivity index (χ1v) is 7.63. The Kier molecular flexibility index (Phi) is 3.85. The van der Waals surface area contributed by atoms with Crippen LogP contribution in [0.2, 0.25) is 0 Å². The number of sulfone groups is 1. The molecule has 5 heteroatoms. The van der Waals surface area contributed by atoms with Crippen LogP contribution in [0.25, 0.3) is 0 Å². The van der Waals surface area contributed by atoms with Crippen molar-refractivity contribution in [2.45, 2.75) is 11.4 Å². The van der Waals surface area contributed by atoms with E-state index in [-0.39, 0.29) is 10.7 Å². The molecule has 0 radical (unpaired) electrons. The van der Waals surface area contributed by atoms with Gasteiger partial charge in [-0.15, -0.1) is 0 Å². The van der Waals surface area contributed by atoms with Gasteiger partial charge in [-0.05, 0) is 42.0 Å². The van der Waals surface area contributed by atoms with Crippen LogP contribution >= 0.6 is 0 Å². The van der Waals surface area contributed by atoms with Gasteiger partial charge in [0.25, 0.3) is 0 Å². The van der Waals surface area contributed by atoms with E-state index in [9.17, 15) is 12.8 Å². The first-order valence-electron chi connectivity index (χ1n) is 5.73. The first-order chi connectivity index (χ1) is 8.95. The highest BCUT2D eigenvalue weighted by Gasteiger charge is 2.05. The average Bonchev–Trinajstić information content (AvgIpc) is 2.36. The zero-order chi connectivity index (χ0) is 13.9. The predicted octanol–water partition coefficient (Wildman–Crippen LogP) is 2.84. The van der Waals surface area contributed by atoms with Crippen molar-refractivity contribution in [1.82, 2.24) is 0 Å². The number of benzene rings is 2. The van der Waals surface area contributed by atoms with Crippen molar-refractivity contribution in [2.24, 2.45) is 0 Å². The van der Waals surface area contributed by atoms with Crippen LogP contribution < -0.4 is 5.32 Å². The molecule has 0 aromatic heterocycles. The highest BCUT2D eigenvalue weighted by atomic mass is 32.2. The summed E-state index contributed by atoms with van der Waals surface area (Å²) in [5.41, 5.74) is 1.61. The maximum absolute atomic E-state index is 13.0. The van der Waals surface area contributed by atoms with Crippen LogP contribution in [0.5, 0.6) is 0 Å². The Morgan fingerprint density at radius 3 is 2.37 bits per heavy atom. The van der Waals surface area contributed by atoms with Crippen LogP contribution in [0.15, 0.2) is 53.4 Å². The maximum atomic E-state index is 13.0. The molecule has 2 rings (SSSR count). The van der Waals surface area contributed by atoms with E-state index in [4.69, 9.17) is 0 Å². The molecule has 0 heterocycles. The van der Waals surface area contributed by atoms with Gasteiger partial charge in [0.05, 0.1) is 4.90 Å². The third-order valence-corrected chi connectivity index (χ3v) is 3.80. The van der Waals surface area contributed by atoms with E-state index in [0.717, 1.165) is 11.3 Å². The van der Waals surface area contributed by atoms with Gasteiger partial charge in [0, 0.05) is 18.5 Å². The summed E-state index contributed by atoms with van der Waals surface area (Å²) in [6, 6.07) is 12.8. The van der Waals surface area contributed by atoms with Crippen LogP contribution in [-0.4, -0.2) is 14.7 Å². The largest absolute Gasteiger partial charge is 0.381 e. The summed E-state index contributed by atoms with van der Waals surface area (Å²) in [5.74, 6) is -0.272. The van der Waals surface area contributed by atoms with Crippen molar-refractivity contribution in [3.8, 4) is 0 Å². The van der Waals surface area contributed by atoms with Gasteiger partial charge in [0.2, 0.25) is 0 Å². The lowest BCUT2D eigenvalue weighted by Gasteiger charge is -2.07. The van der Waals surface area contributed by atoms with E-state index in [0.29, 0.717) is 6.54 Å². The molecule has 2 aromatic carbocycles. The maximum Gasteiger partial charge on any atom is 0.175 e. The average molecular weight is 279 g/mol. The molecule has 0 saturated carbocycles. The Bertz CT molecular complexity index is 666. The summed E-state index contributed by atoms with van der Waals surface area (Å²) >= 11 is 0. The molecule has 0 amide bonds. The summed E-state index contributed by atoms with van der Waals surface area (Å²) in [7, 11) is -3.17. The molecule has 0 unspecified atom stereocenters. The van der Waals surface area contributed by atoms with E-state index >= 15 is 0 Å². The number of nitrogens with one attached hydrogen (secondary N) is 1. The van der Waals surface area contributed by atoms with Gasteiger partial charge in [0.15, 0.2) is 9.84 Å². The summed E-state index contributed by atoms with van der Waals surface area (Å²) in [4.78, 5) is 0.281. The van der Waals surface area contributed by atoms with Gasteiger partial charge < -0.3 is 5.32 Å². The fraction of sp³-hybridized carbons (Fsp3) is 0.143. The van der Waals surface area contributed by atoms with Crippen molar-refractivity contribution >= 4 is 15.5 Å². The number of hydrogen-bond donors (Lipinski definition) is 1. The zero-order valence-corrected chi connectivity index (χ0v) is 11.2. The molecular formula is C14H14FNO2S. The number of hydrogen-bond acceptors (Lipinski definition) is 3. The van der Waals surface area contributed by atoms with E-state index in [1.807, 2.05) is 6.07 Å². The van der Waals surface area contributed by atoms with Crippen molar-refractivity contribution in [1.29, 1.82) is 0 Å². The minimum atomic E-state index is -3.17. The fourth-order valence-corrected chi connectivity index (χ4v) is 2.30. The molecule has 0 bridgehead atoms. The Balaban J connectivity index is 2.05. The van der Waals surface area contributed by atoms with E-state index in [1.54, 1.807) is 30.3 Å². The SMILES string of the molecule is CS(=O)(=O)c1ccc(NCc2cccc(F)c2)cc1. The minimum absolute atomic E-state index is 0.272. The Morgan fingerprint density at radius 2 is 1.79 bits per heavy atom. The van der Waals surface area contributed by atoms with Gasteiger partial charge in [-0.2, -0.15) is 0 Å². The summed E-state index contributed by atoms with van der Waals surface area (Å²) < 4.78 is 35.6. The topological polar surface area (TPSA) is 46.2 Å². The smallest absolute Gasteiger partial charge is 0.175 e. The molecule has 0 aliphatic heterocycles. The van der Waals surface area contributed by atoms with Crippen molar-refractivity contribution in [3.05, 3.63) is 59.9 Å². The van der Waals surface area contributed by atoms with E-state index in [2.05, 4.69) is 5.32 Å². The second-order valence-electron chi connectivity index (χ2n) is 4.28. The number of rotatable bonds is 4. The predicted molar refractivity (Wildman–Crippen MR) is 73.3 cm³/mol. The molecule has 3 nitrogen and oxygen atoms in total. The van der Waals surface area contributed by atoms with Gasteiger partial charge in [-0.25, -0.2) is 12.8 Å². The third kappa shape index (κ3) is 3.79. The van der Waals surface area contributed by atoms with Gasteiger partial charge in [-0.1, -0.05) is 12.1 Å². The molecule has 0 aliphatic rings. The lowest BCUT2D eigenvalue weighted by molar-refractivity contribution is 0.602. The molecule has 0 saturated heterocycles. The van der Waals surface area contributed by atoms with Crippen LogP contribution in [-0.2, 0) is 16.4 Å². The van der Waals surface area contributed by atoms with Crippen molar-refractivity contribution in [2.75, 3.05) is 11.6 Å². The highest BCUT2D eigenvalue weighted by molar-refractivity contribution is 7.90. The molecule has 19 heavy (non-hydrogen) atoms. The Hall–Kier alpha value is -1.88. The molecule has 0 fully saturated rings. The number of anilines is 1. The normalized spacial score (nSPS) is 11.3. The van der Waals surface area contributed by atoms with Gasteiger partial charge >= 0.3 is 0 Å². The summed E-state index contributed by atoms with van der Waals surface area (Å²) in [6.45, 7) is 0.482. The summed E-state index contributed by atoms with van der Waals surface area (Å²) in [5, 5.41) is 3.11. The first kappa shape index (κ1) is 13.5. The van der Waals surface area contributed by atoms with Crippen LogP contribution in [0.1, 0.15) is 5.56 Å².